The van der Waals surface area contributed by atoms with Crippen molar-refractivity contribution in [3.05, 3.63) is 28.8 Å². The molecule has 0 aliphatic heterocycles. The van der Waals surface area contributed by atoms with E-state index in [9.17, 15) is 0 Å². The van der Waals surface area contributed by atoms with Crippen molar-refractivity contribution in [3.8, 4) is 6.07 Å². The molecule has 0 amide bonds. The molecule has 0 N–H and O–H groups in total. The van der Waals surface area contributed by atoms with Gasteiger partial charge in [0.1, 0.15) is 16.7 Å². The molecule has 0 atom stereocenters. The van der Waals surface area contributed by atoms with Crippen LogP contribution in [-0.4, -0.2) is 9.78 Å². The van der Waals surface area contributed by atoms with Crippen molar-refractivity contribution in [1.82, 2.24) is 9.78 Å². The molecule has 5 heteroatoms. The first-order valence-corrected chi connectivity index (χ1v) is 6.07. The van der Waals surface area contributed by atoms with Gasteiger partial charge in [-0.1, -0.05) is 17.8 Å². The van der Waals surface area contributed by atoms with Gasteiger partial charge in [-0.2, -0.15) is 10.4 Å². The maximum Gasteiger partial charge on any atom is 0.117 e. The number of nitrogens with zero attached hydrogens (tertiary/aromatic N) is 3. The lowest BCUT2D eigenvalue weighted by molar-refractivity contribution is 0.692. The van der Waals surface area contributed by atoms with E-state index in [1.54, 1.807) is 27.8 Å². The zero-order chi connectivity index (χ0) is 10.8. The molecule has 0 unspecified atom stereocenters. The minimum absolute atomic E-state index is 0.677. The lowest BCUT2D eigenvalue weighted by Gasteiger charge is -1.98. The van der Waals surface area contributed by atoms with Gasteiger partial charge in [0.2, 0.25) is 0 Å². The SMILES string of the molecule is Cc1nn(C)c(Sc2cccs2)c1C#N. The van der Waals surface area contributed by atoms with Crippen molar-refractivity contribution in [2.45, 2.75) is 16.2 Å². The second-order valence-corrected chi connectivity index (χ2v) is 5.27. The third-order valence-corrected chi connectivity index (χ3v) is 4.17. The Morgan fingerprint density at radius 1 is 1.60 bits per heavy atom. The first-order chi connectivity index (χ1) is 7.22. The molecular weight excluding hydrogens is 226 g/mol. The largest absolute Gasteiger partial charge is 0.260 e. The van der Waals surface area contributed by atoms with Gasteiger partial charge in [-0.3, -0.25) is 4.68 Å². The van der Waals surface area contributed by atoms with E-state index < -0.39 is 0 Å². The van der Waals surface area contributed by atoms with Gasteiger partial charge in [-0.15, -0.1) is 11.3 Å². The van der Waals surface area contributed by atoms with Crippen LogP contribution in [0.1, 0.15) is 11.3 Å². The zero-order valence-corrected chi connectivity index (χ0v) is 10.0. The van der Waals surface area contributed by atoms with Crippen molar-refractivity contribution < 1.29 is 0 Å². The maximum absolute atomic E-state index is 9.03. The Hall–Kier alpha value is -1.25. The molecule has 3 nitrogen and oxygen atoms in total. The third kappa shape index (κ3) is 1.91. The summed E-state index contributed by atoms with van der Waals surface area (Å²) < 4.78 is 2.94. The van der Waals surface area contributed by atoms with Gasteiger partial charge in [0.25, 0.3) is 0 Å². The van der Waals surface area contributed by atoms with Crippen LogP contribution in [0.5, 0.6) is 0 Å². The van der Waals surface area contributed by atoms with Crippen molar-refractivity contribution in [2.24, 2.45) is 7.05 Å². The third-order valence-electron chi connectivity index (χ3n) is 1.97. The van der Waals surface area contributed by atoms with Crippen molar-refractivity contribution in [3.63, 3.8) is 0 Å². The predicted molar refractivity (Wildman–Crippen MR) is 61.1 cm³/mol. The van der Waals surface area contributed by atoms with E-state index in [4.69, 9.17) is 5.26 Å². The Bertz CT molecular complexity index is 506. The summed E-state index contributed by atoms with van der Waals surface area (Å²) in [7, 11) is 1.86. The smallest absolute Gasteiger partial charge is 0.117 e. The molecule has 0 radical (unpaired) electrons. The Morgan fingerprint density at radius 3 is 3.00 bits per heavy atom. The van der Waals surface area contributed by atoms with Crippen molar-refractivity contribution in [2.75, 3.05) is 0 Å². The van der Waals surface area contributed by atoms with Crippen LogP contribution in [0.2, 0.25) is 0 Å². The quantitative estimate of drug-likeness (QED) is 0.803. The summed E-state index contributed by atoms with van der Waals surface area (Å²) in [5, 5.41) is 16.2. The first-order valence-electron chi connectivity index (χ1n) is 4.37. The molecule has 0 saturated heterocycles. The Balaban J connectivity index is 2.40. The average molecular weight is 235 g/mol. The van der Waals surface area contributed by atoms with Crippen LogP contribution in [0.15, 0.2) is 26.7 Å². The summed E-state index contributed by atoms with van der Waals surface area (Å²) in [5.74, 6) is 0. The van der Waals surface area contributed by atoms with E-state index in [1.807, 2.05) is 31.5 Å². The number of rotatable bonds is 2. The fraction of sp³-hybridized carbons (Fsp3) is 0.200. The van der Waals surface area contributed by atoms with Gasteiger partial charge in [-0.25, -0.2) is 0 Å². The number of aromatic nitrogens is 2. The van der Waals surface area contributed by atoms with Crippen LogP contribution in [-0.2, 0) is 7.05 Å². The number of hydrogen-bond donors (Lipinski definition) is 0. The van der Waals surface area contributed by atoms with Gasteiger partial charge < -0.3 is 0 Å². The molecule has 2 rings (SSSR count). The van der Waals surface area contributed by atoms with E-state index in [1.165, 1.54) is 4.21 Å². The minimum Gasteiger partial charge on any atom is -0.260 e. The number of thiophene rings is 1. The average Bonchev–Trinajstić information content (AvgIpc) is 2.77. The topological polar surface area (TPSA) is 41.6 Å². The molecular formula is C10H9N3S2. The summed E-state index contributed by atoms with van der Waals surface area (Å²) in [4.78, 5) is 0. The number of nitriles is 1. The van der Waals surface area contributed by atoms with E-state index >= 15 is 0 Å². The summed E-state index contributed by atoms with van der Waals surface area (Å²) in [6, 6.07) is 6.24. The molecule has 76 valence electrons. The minimum atomic E-state index is 0.677. The summed E-state index contributed by atoms with van der Waals surface area (Å²) >= 11 is 3.26. The molecule has 2 heterocycles. The normalized spacial score (nSPS) is 10.2. The van der Waals surface area contributed by atoms with Crippen LogP contribution in [0.25, 0.3) is 0 Å². The summed E-state index contributed by atoms with van der Waals surface area (Å²) in [5.41, 5.74) is 1.47. The molecule has 15 heavy (non-hydrogen) atoms. The van der Waals surface area contributed by atoms with E-state index in [2.05, 4.69) is 11.2 Å². The summed E-state index contributed by atoms with van der Waals surface area (Å²) in [6.45, 7) is 1.86. The molecule has 2 aromatic heterocycles. The van der Waals surface area contributed by atoms with Crippen molar-refractivity contribution in [1.29, 1.82) is 5.26 Å². The molecule has 2 aromatic rings. The van der Waals surface area contributed by atoms with Gasteiger partial charge in [-0.05, 0) is 18.4 Å². The number of aryl methyl sites for hydroxylation is 2. The van der Waals surface area contributed by atoms with Gasteiger partial charge >= 0.3 is 0 Å². The first kappa shape index (κ1) is 10.3. The standard InChI is InChI=1S/C10H9N3S2/c1-7-8(6-11)10(13(2)12-7)15-9-4-3-5-14-9/h3-5H,1-2H3. The maximum atomic E-state index is 9.03. The Morgan fingerprint density at radius 2 is 2.40 bits per heavy atom. The van der Waals surface area contributed by atoms with Crippen LogP contribution >= 0.6 is 23.1 Å². The van der Waals surface area contributed by atoms with Crippen LogP contribution < -0.4 is 0 Å². The zero-order valence-electron chi connectivity index (χ0n) is 8.39. The molecule has 0 bridgehead atoms. The van der Waals surface area contributed by atoms with Gasteiger partial charge in [0, 0.05) is 7.05 Å². The molecule has 0 saturated carbocycles. The van der Waals surface area contributed by atoms with E-state index in [-0.39, 0.29) is 0 Å². The van der Waals surface area contributed by atoms with Gasteiger partial charge in [0.05, 0.1) is 9.90 Å². The summed E-state index contributed by atoms with van der Waals surface area (Å²) in [6.07, 6.45) is 0. The Kier molecular flexibility index (Phi) is 2.80. The van der Waals surface area contributed by atoms with Gasteiger partial charge in [0.15, 0.2) is 0 Å². The van der Waals surface area contributed by atoms with Crippen LogP contribution in [0.4, 0.5) is 0 Å². The highest BCUT2D eigenvalue weighted by molar-refractivity contribution is 8.01. The van der Waals surface area contributed by atoms with E-state index in [0.29, 0.717) is 5.56 Å². The fourth-order valence-corrected chi connectivity index (χ4v) is 3.15. The number of hydrogen-bond acceptors (Lipinski definition) is 4. The Labute approximate surface area is 96.3 Å². The van der Waals surface area contributed by atoms with Crippen LogP contribution in [0.3, 0.4) is 0 Å². The highest BCUT2D eigenvalue weighted by Gasteiger charge is 2.14. The van der Waals surface area contributed by atoms with Crippen molar-refractivity contribution >= 4 is 23.1 Å². The molecule has 0 fully saturated rings. The highest BCUT2D eigenvalue weighted by Crippen LogP contribution is 2.33. The molecule has 0 aromatic carbocycles. The highest BCUT2D eigenvalue weighted by atomic mass is 32.2. The van der Waals surface area contributed by atoms with E-state index in [0.717, 1.165) is 10.7 Å². The predicted octanol–water partition coefficient (Wildman–Crippen LogP) is 2.81. The monoisotopic (exact) mass is 235 g/mol. The lowest BCUT2D eigenvalue weighted by atomic mass is 10.3. The lowest BCUT2D eigenvalue weighted by Crippen LogP contribution is -1.92. The molecule has 0 spiro atoms. The second-order valence-electron chi connectivity index (χ2n) is 3.04. The fourth-order valence-electron chi connectivity index (χ4n) is 1.30. The van der Waals surface area contributed by atoms with Crippen LogP contribution in [0, 0.1) is 18.3 Å². The molecule has 0 aliphatic carbocycles. The second kappa shape index (κ2) is 4.09. The molecule has 0 aliphatic rings.